The van der Waals surface area contributed by atoms with E-state index in [2.05, 4.69) is 59.9 Å². The van der Waals surface area contributed by atoms with Crippen LogP contribution in [-0.2, 0) is 10.2 Å². The second-order valence-corrected chi connectivity index (χ2v) is 10.1. The maximum Gasteiger partial charge on any atom is 0.278 e. The summed E-state index contributed by atoms with van der Waals surface area (Å²) in [7, 11) is -0.232. The summed E-state index contributed by atoms with van der Waals surface area (Å²) in [5, 5.41) is 0. The number of nitrogens with zero attached hydrogens (tertiary/aromatic N) is 2. The van der Waals surface area contributed by atoms with Gasteiger partial charge in [-0.3, -0.25) is 4.90 Å². The minimum absolute atomic E-state index is 0.357. The zero-order valence-electron chi connectivity index (χ0n) is 17.2. The van der Waals surface area contributed by atoms with Gasteiger partial charge in [-0.05, 0) is 48.8 Å². The first-order chi connectivity index (χ1) is 12.8. The molecule has 1 saturated heterocycles. The Morgan fingerprint density at radius 1 is 1.30 bits per heavy atom. The van der Waals surface area contributed by atoms with Gasteiger partial charge in [-0.15, -0.1) is 0 Å². The Labute approximate surface area is 165 Å². The molecule has 1 aliphatic heterocycles. The lowest BCUT2D eigenvalue weighted by Gasteiger charge is -2.33. The highest BCUT2D eigenvalue weighted by Crippen LogP contribution is 2.22. The van der Waals surface area contributed by atoms with Crippen molar-refractivity contribution in [3.63, 3.8) is 0 Å². The summed E-state index contributed by atoms with van der Waals surface area (Å²) in [6.07, 6.45) is 5.63. The molecule has 1 aliphatic rings. The van der Waals surface area contributed by atoms with Crippen LogP contribution < -0.4 is 4.72 Å². The fraction of sp³-hybridized carbons (Fsp3) is 0.619. The average molecular weight is 394 g/mol. The van der Waals surface area contributed by atoms with Crippen molar-refractivity contribution in [2.24, 2.45) is 11.8 Å². The van der Waals surface area contributed by atoms with Gasteiger partial charge in [0.1, 0.15) is 0 Å². The maximum atomic E-state index is 12.0. The second kappa shape index (κ2) is 10.4. The Morgan fingerprint density at radius 2 is 2.00 bits per heavy atom. The molecule has 0 amide bonds. The molecule has 1 N–H and O–H groups in total. The van der Waals surface area contributed by atoms with Gasteiger partial charge in [0, 0.05) is 33.7 Å². The van der Waals surface area contributed by atoms with Gasteiger partial charge < -0.3 is 0 Å². The number of hydrogen-bond acceptors (Lipinski definition) is 3. The Kier molecular flexibility index (Phi) is 8.48. The van der Waals surface area contributed by atoms with E-state index in [-0.39, 0.29) is 0 Å². The molecule has 1 fully saturated rings. The third-order valence-electron chi connectivity index (χ3n) is 5.01. The summed E-state index contributed by atoms with van der Waals surface area (Å²) in [5.41, 5.74) is 2.66. The zero-order valence-corrected chi connectivity index (χ0v) is 18.0. The lowest BCUT2D eigenvalue weighted by molar-refractivity contribution is 0.194. The molecule has 6 heteroatoms. The van der Waals surface area contributed by atoms with E-state index in [1.54, 1.807) is 14.1 Å². The Bertz CT molecular complexity index is 699. The number of likely N-dealkylation sites (tertiary alicyclic amines) is 1. The summed E-state index contributed by atoms with van der Waals surface area (Å²) in [6, 6.07) is 10.6. The molecular formula is C21H35N3O2S. The molecule has 152 valence electrons. The van der Waals surface area contributed by atoms with Crippen molar-refractivity contribution in [3.05, 3.63) is 42.0 Å². The van der Waals surface area contributed by atoms with Crippen LogP contribution >= 0.6 is 0 Å². The van der Waals surface area contributed by atoms with E-state index in [9.17, 15) is 8.42 Å². The summed E-state index contributed by atoms with van der Waals surface area (Å²) in [4.78, 5) is 2.47. The number of nitrogens with one attached hydrogen (secondary N) is 1. The molecule has 1 heterocycles. The Balaban J connectivity index is 2.00. The van der Waals surface area contributed by atoms with Crippen LogP contribution in [0.25, 0.3) is 5.57 Å². The fourth-order valence-corrected chi connectivity index (χ4v) is 4.06. The van der Waals surface area contributed by atoms with Gasteiger partial charge in [0.15, 0.2) is 0 Å². The summed E-state index contributed by atoms with van der Waals surface area (Å²) in [5.74, 6) is 0.994. The van der Waals surface area contributed by atoms with Crippen molar-refractivity contribution in [2.45, 2.75) is 33.1 Å². The van der Waals surface area contributed by atoms with Gasteiger partial charge in [-0.2, -0.15) is 12.7 Å². The summed E-state index contributed by atoms with van der Waals surface area (Å²) < 4.78 is 27.9. The van der Waals surface area contributed by atoms with Crippen molar-refractivity contribution in [1.29, 1.82) is 0 Å². The molecule has 27 heavy (non-hydrogen) atoms. The highest BCUT2D eigenvalue weighted by Gasteiger charge is 2.23. The van der Waals surface area contributed by atoms with E-state index in [0.717, 1.165) is 38.9 Å². The van der Waals surface area contributed by atoms with Crippen LogP contribution in [0, 0.1) is 11.8 Å². The zero-order chi connectivity index (χ0) is 19.9. The molecule has 1 atom stereocenters. The monoisotopic (exact) mass is 393 g/mol. The van der Waals surface area contributed by atoms with Crippen molar-refractivity contribution >= 4 is 15.8 Å². The normalized spacial score (nSPS) is 19.8. The first kappa shape index (κ1) is 22.1. The summed E-state index contributed by atoms with van der Waals surface area (Å²) >= 11 is 0. The number of hydrogen-bond donors (Lipinski definition) is 1. The predicted octanol–water partition coefficient (Wildman–Crippen LogP) is 3.22. The van der Waals surface area contributed by atoms with Crippen LogP contribution in [0.4, 0.5) is 0 Å². The van der Waals surface area contributed by atoms with Gasteiger partial charge in [0.25, 0.3) is 10.2 Å². The molecular weight excluding hydrogens is 358 g/mol. The number of rotatable bonds is 9. The topological polar surface area (TPSA) is 52.7 Å². The van der Waals surface area contributed by atoms with Crippen LogP contribution in [-0.4, -0.2) is 57.9 Å². The van der Waals surface area contributed by atoms with Gasteiger partial charge in [0.2, 0.25) is 0 Å². The first-order valence-electron chi connectivity index (χ1n) is 9.92. The molecule has 0 spiro atoms. The minimum atomic E-state index is -3.35. The highest BCUT2D eigenvalue weighted by molar-refractivity contribution is 7.87. The molecule has 1 unspecified atom stereocenters. The van der Waals surface area contributed by atoms with Crippen LogP contribution in [0.2, 0.25) is 0 Å². The largest absolute Gasteiger partial charge is 0.299 e. The van der Waals surface area contributed by atoms with Crippen LogP contribution in [0.5, 0.6) is 0 Å². The van der Waals surface area contributed by atoms with Crippen molar-refractivity contribution in [1.82, 2.24) is 13.9 Å². The Hall–Kier alpha value is -1.21. The van der Waals surface area contributed by atoms with E-state index in [4.69, 9.17) is 0 Å². The maximum absolute atomic E-state index is 12.0. The van der Waals surface area contributed by atoms with Gasteiger partial charge >= 0.3 is 0 Å². The molecule has 2 rings (SSSR count). The predicted molar refractivity (Wildman–Crippen MR) is 114 cm³/mol. The van der Waals surface area contributed by atoms with Crippen LogP contribution in [0.1, 0.15) is 38.7 Å². The Morgan fingerprint density at radius 3 is 2.63 bits per heavy atom. The van der Waals surface area contributed by atoms with Crippen molar-refractivity contribution in [3.8, 4) is 0 Å². The molecule has 0 saturated carbocycles. The van der Waals surface area contributed by atoms with Gasteiger partial charge in [0.05, 0.1) is 0 Å². The number of piperidine rings is 1. The molecule has 1 aromatic rings. The third-order valence-corrected chi connectivity index (χ3v) is 6.51. The van der Waals surface area contributed by atoms with Crippen LogP contribution in [0.15, 0.2) is 36.4 Å². The molecule has 0 radical (unpaired) electrons. The van der Waals surface area contributed by atoms with E-state index < -0.39 is 10.2 Å². The van der Waals surface area contributed by atoms with E-state index in [1.807, 2.05) is 0 Å². The molecule has 0 aliphatic carbocycles. The second-order valence-electron chi connectivity index (χ2n) is 8.10. The average Bonchev–Trinajstić information content (AvgIpc) is 2.64. The highest BCUT2D eigenvalue weighted by atomic mass is 32.2. The van der Waals surface area contributed by atoms with Crippen LogP contribution in [0.3, 0.4) is 0 Å². The lowest BCUT2D eigenvalue weighted by atomic mass is 9.96. The van der Waals surface area contributed by atoms with Gasteiger partial charge in [-0.1, -0.05) is 50.3 Å². The molecule has 1 aromatic carbocycles. The number of allylic oxidation sites excluding steroid dienone is 1. The fourth-order valence-electron chi connectivity index (χ4n) is 3.36. The first-order valence-corrected chi connectivity index (χ1v) is 11.4. The molecule has 5 nitrogen and oxygen atoms in total. The number of benzene rings is 1. The third kappa shape index (κ3) is 7.37. The minimum Gasteiger partial charge on any atom is -0.299 e. The molecule has 0 bridgehead atoms. The molecule has 0 aromatic heterocycles. The smallest absolute Gasteiger partial charge is 0.278 e. The van der Waals surface area contributed by atoms with Crippen molar-refractivity contribution < 1.29 is 8.42 Å². The van der Waals surface area contributed by atoms with Crippen molar-refractivity contribution in [2.75, 3.05) is 40.3 Å². The lowest BCUT2D eigenvalue weighted by Crippen LogP contribution is -2.44. The summed E-state index contributed by atoms with van der Waals surface area (Å²) in [6.45, 7) is 7.92. The van der Waals surface area contributed by atoms with Gasteiger partial charge in [-0.25, -0.2) is 4.72 Å². The van der Waals surface area contributed by atoms with E-state index in [1.165, 1.54) is 15.4 Å². The SMILES string of the molecule is CC(C)C/C=C(\CN1CCCC(CNS(=O)(=O)N(C)C)C1)c1ccccc1. The standard InChI is InChI=1S/C21H35N3O2S/c1-18(2)12-13-21(20-10-6-5-7-11-20)17-24-14-8-9-19(16-24)15-22-27(25,26)23(3)4/h5-7,10-11,13,18-19,22H,8-9,12,14-17H2,1-4H3/b21-13+. The van der Waals surface area contributed by atoms with E-state index >= 15 is 0 Å². The van der Waals surface area contributed by atoms with E-state index in [0.29, 0.717) is 18.4 Å². The quantitative estimate of drug-likeness (QED) is 0.701.